The van der Waals surface area contributed by atoms with Gasteiger partial charge in [0, 0.05) is 29.0 Å². The summed E-state index contributed by atoms with van der Waals surface area (Å²) in [7, 11) is -3.84. The van der Waals surface area contributed by atoms with Crippen molar-refractivity contribution in [2.75, 3.05) is 23.7 Å². The zero-order valence-electron chi connectivity index (χ0n) is 22.2. The minimum Gasteiger partial charge on any atom is -0.354 e. The summed E-state index contributed by atoms with van der Waals surface area (Å²) in [5.41, 5.74) is 1.97. The summed E-state index contributed by atoms with van der Waals surface area (Å²) in [4.78, 5) is 29.1. The molecule has 1 atom stereocenters. The number of amides is 2. The Kier molecular flexibility index (Phi) is 11.0. The van der Waals surface area contributed by atoms with Crippen LogP contribution in [0.4, 0.5) is 5.69 Å². The van der Waals surface area contributed by atoms with E-state index in [4.69, 9.17) is 11.6 Å². The Morgan fingerprint density at radius 3 is 2.13 bits per heavy atom. The Bertz CT molecular complexity index is 1370. The predicted molar refractivity (Wildman–Crippen MR) is 160 cm³/mol. The number of hydrogen-bond donors (Lipinski definition) is 1. The lowest BCUT2D eigenvalue weighted by atomic mass is 10.0. The third-order valence-electron chi connectivity index (χ3n) is 6.02. The standard InChI is InChI=1S/C29H33BrClN3O4S/c1-21(2)18-32-29(36)27(17-22-9-5-4-6-10-22)33(19-23-13-15-24(31)16-14-23)28(35)20-34(39(3,37)38)26-12-8-7-11-25(26)30/h4-16,21,27H,17-20H2,1-3H3,(H,32,36)/t27-/m1/s1. The maximum atomic E-state index is 14.0. The van der Waals surface area contributed by atoms with Gasteiger partial charge in [0.25, 0.3) is 0 Å². The van der Waals surface area contributed by atoms with Crippen molar-refractivity contribution in [1.82, 2.24) is 10.2 Å². The van der Waals surface area contributed by atoms with E-state index < -0.39 is 28.5 Å². The molecule has 0 heterocycles. The van der Waals surface area contributed by atoms with Crippen LogP contribution in [0.25, 0.3) is 0 Å². The molecule has 10 heteroatoms. The van der Waals surface area contributed by atoms with Crippen LogP contribution in [0, 0.1) is 5.92 Å². The van der Waals surface area contributed by atoms with Crippen LogP contribution in [0.5, 0.6) is 0 Å². The van der Waals surface area contributed by atoms with Crippen molar-refractivity contribution in [3.05, 3.63) is 99.5 Å². The Labute approximate surface area is 244 Å². The van der Waals surface area contributed by atoms with Crippen LogP contribution >= 0.6 is 27.5 Å². The highest BCUT2D eigenvalue weighted by atomic mass is 79.9. The molecule has 0 spiro atoms. The maximum absolute atomic E-state index is 14.0. The van der Waals surface area contributed by atoms with E-state index in [1.807, 2.05) is 44.2 Å². The van der Waals surface area contributed by atoms with Crippen LogP contribution in [0.1, 0.15) is 25.0 Å². The van der Waals surface area contributed by atoms with E-state index in [9.17, 15) is 18.0 Å². The molecule has 2 amide bonds. The monoisotopic (exact) mass is 633 g/mol. The number of nitrogens with one attached hydrogen (secondary N) is 1. The predicted octanol–water partition coefficient (Wildman–Crippen LogP) is 5.28. The van der Waals surface area contributed by atoms with Gasteiger partial charge in [-0.2, -0.15) is 0 Å². The number of sulfonamides is 1. The summed E-state index contributed by atoms with van der Waals surface area (Å²) >= 11 is 9.48. The molecule has 7 nitrogen and oxygen atoms in total. The second-order valence-corrected chi connectivity index (χ2v) is 12.9. The van der Waals surface area contributed by atoms with Gasteiger partial charge in [0.15, 0.2) is 0 Å². The van der Waals surface area contributed by atoms with E-state index >= 15 is 0 Å². The fraction of sp³-hybridized carbons (Fsp3) is 0.310. The highest BCUT2D eigenvalue weighted by molar-refractivity contribution is 9.10. The normalized spacial score (nSPS) is 12.2. The number of benzene rings is 3. The van der Waals surface area contributed by atoms with Crippen LogP contribution in [0.3, 0.4) is 0 Å². The molecule has 0 saturated heterocycles. The first kappa shape index (κ1) is 30.7. The number of carbonyl (C=O) groups excluding carboxylic acids is 2. The smallest absolute Gasteiger partial charge is 0.244 e. The molecule has 3 aromatic carbocycles. The first-order valence-electron chi connectivity index (χ1n) is 12.5. The van der Waals surface area contributed by atoms with Crippen molar-refractivity contribution in [3.63, 3.8) is 0 Å². The van der Waals surface area contributed by atoms with Gasteiger partial charge in [-0.15, -0.1) is 0 Å². The van der Waals surface area contributed by atoms with Gasteiger partial charge >= 0.3 is 0 Å². The van der Waals surface area contributed by atoms with E-state index in [-0.39, 0.29) is 24.8 Å². The van der Waals surface area contributed by atoms with Gasteiger partial charge < -0.3 is 10.2 Å². The number of nitrogens with zero attached hydrogens (tertiary/aromatic N) is 2. The lowest BCUT2D eigenvalue weighted by Crippen LogP contribution is -2.53. The molecule has 0 unspecified atom stereocenters. The first-order valence-corrected chi connectivity index (χ1v) is 15.6. The average Bonchev–Trinajstić information content (AvgIpc) is 2.89. The zero-order valence-corrected chi connectivity index (χ0v) is 25.3. The van der Waals surface area contributed by atoms with E-state index in [2.05, 4.69) is 21.2 Å². The second-order valence-electron chi connectivity index (χ2n) is 9.71. The van der Waals surface area contributed by atoms with Crippen molar-refractivity contribution in [1.29, 1.82) is 0 Å². The van der Waals surface area contributed by atoms with Crippen LogP contribution in [-0.2, 0) is 32.6 Å². The number of anilines is 1. The number of rotatable bonds is 12. The Hall–Kier alpha value is -2.88. The molecule has 0 aliphatic heterocycles. The van der Waals surface area contributed by atoms with Crippen molar-refractivity contribution in [2.45, 2.75) is 32.9 Å². The highest BCUT2D eigenvalue weighted by Crippen LogP contribution is 2.28. The quantitative estimate of drug-likeness (QED) is 0.294. The van der Waals surface area contributed by atoms with Gasteiger partial charge in [0.1, 0.15) is 12.6 Å². The number of para-hydroxylation sites is 1. The lowest BCUT2D eigenvalue weighted by Gasteiger charge is -2.34. The summed E-state index contributed by atoms with van der Waals surface area (Å²) in [5.74, 6) is -0.601. The molecule has 0 saturated carbocycles. The van der Waals surface area contributed by atoms with Crippen molar-refractivity contribution < 1.29 is 18.0 Å². The summed E-state index contributed by atoms with van der Waals surface area (Å²) in [5, 5.41) is 3.51. The molecule has 3 rings (SSSR count). The molecular weight excluding hydrogens is 602 g/mol. The van der Waals surface area contributed by atoms with Crippen LogP contribution in [-0.4, -0.2) is 50.5 Å². The van der Waals surface area contributed by atoms with E-state index in [1.54, 1.807) is 48.5 Å². The molecule has 3 aromatic rings. The van der Waals surface area contributed by atoms with Gasteiger partial charge in [-0.25, -0.2) is 8.42 Å². The molecule has 0 radical (unpaired) electrons. The SMILES string of the molecule is CC(C)CNC(=O)[C@@H](Cc1ccccc1)N(Cc1ccc(Cl)cc1)C(=O)CN(c1ccccc1Br)S(C)(=O)=O. The third kappa shape index (κ3) is 9.08. The molecule has 0 aliphatic rings. The summed E-state index contributed by atoms with van der Waals surface area (Å²) in [6, 6.07) is 22.4. The average molecular weight is 635 g/mol. The Morgan fingerprint density at radius 2 is 1.54 bits per heavy atom. The van der Waals surface area contributed by atoms with E-state index in [0.717, 1.165) is 21.7 Å². The summed E-state index contributed by atoms with van der Waals surface area (Å²) < 4.78 is 27.3. The van der Waals surface area contributed by atoms with Gasteiger partial charge in [-0.1, -0.05) is 80.0 Å². The minimum atomic E-state index is -3.84. The molecule has 1 N–H and O–H groups in total. The van der Waals surface area contributed by atoms with E-state index in [0.29, 0.717) is 21.7 Å². The molecule has 0 aliphatic carbocycles. The van der Waals surface area contributed by atoms with Crippen LogP contribution < -0.4 is 9.62 Å². The summed E-state index contributed by atoms with van der Waals surface area (Å²) in [6.45, 7) is 4.04. The van der Waals surface area contributed by atoms with Crippen LogP contribution in [0.2, 0.25) is 5.02 Å². The second kappa shape index (κ2) is 14.0. The Morgan fingerprint density at radius 1 is 0.923 bits per heavy atom. The molecule has 0 aromatic heterocycles. The number of halogens is 2. The number of hydrogen-bond acceptors (Lipinski definition) is 4. The number of carbonyl (C=O) groups is 2. The first-order chi connectivity index (χ1) is 18.5. The van der Waals surface area contributed by atoms with E-state index in [1.165, 1.54) is 4.90 Å². The molecule has 39 heavy (non-hydrogen) atoms. The minimum absolute atomic E-state index is 0.0934. The molecule has 0 bridgehead atoms. The highest BCUT2D eigenvalue weighted by Gasteiger charge is 2.33. The molecule has 0 fully saturated rings. The van der Waals surface area contributed by atoms with Gasteiger partial charge in [0.05, 0.1) is 11.9 Å². The maximum Gasteiger partial charge on any atom is 0.244 e. The van der Waals surface area contributed by atoms with Crippen molar-refractivity contribution in [3.8, 4) is 0 Å². The largest absolute Gasteiger partial charge is 0.354 e. The molecular formula is C29H33BrClN3O4S. The summed E-state index contributed by atoms with van der Waals surface area (Å²) in [6.07, 6.45) is 1.32. The fourth-order valence-electron chi connectivity index (χ4n) is 4.01. The fourth-order valence-corrected chi connectivity index (χ4v) is 5.62. The van der Waals surface area contributed by atoms with Gasteiger partial charge in [-0.05, 0) is 57.2 Å². The Balaban J connectivity index is 2.05. The van der Waals surface area contributed by atoms with Gasteiger partial charge in [-0.3, -0.25) is 13.9 Å². The lowest BCUT2D eigenvalue weighted by molar-refractivity contribution is -0.140. The molecule has 208 valence electrons. The topological polar surface area (TPSA) is 86.8 Å². The third-order valence-corrected chi connectivity index (χ3v) is 8.07. The van der Waals surface area contributed by atoms with Crippen molar-refractivity contribution >= 4 is 55.1 Å². The van der Waals surface area contributed by atoms with Crippen LogP contribution in [0.15, 0.2) is 83.3 Å². The van der Waals surface area contributed by atoms with Gasteiger partial charge in [0.2, 0.25) is 21.8 Å². The van der Waals surface area contributed by atoms with Crippen molar-refractivity contribution in [2.24, 2.45) is 5.92 Å². The zero-order chi connectivity index (χ0) is 28.6.